The Bertz CT molecular complexity index is 1620. The van der Waals surface area contributed by atoms with E-state index in [9.17, 15) is 8.60 Å². The molecule has 11 nitrogen and oxygen atoms in total. The first-order chi connectivity index (χ1) is 20.8. The highest BCUT2D eigenvalue weighted by Gasteiger charge is 2.26. The molecule has 1 aliphatic rings. The van der Waals surface area contributed by atoms with Crippen LogP contribution in [0.2, 0.25) is 0 Å². The molecular formula is C28H30F3N7O4S. The summed E-state index contributed by atoms with van der Waals surface area (Å²) in [5.74, 6) is 0.271. The molecule has 5 rings (SSSR count). The summed E-state index contributed by atoms with van der Waals surface area (Å²) in [6.45, 7) is 2.21. The molecule has 3 heterocycles. The van der Waals surface area contributed by atoms with Crippen LogP contribution in [0.3, 0.4) is 0 Å². The number of nitrogen functional groups attached to an aromatic ring is 1. The van der Waals surface area contributed by atoms with Crippen molar-refractivity contribution in [1.82, 2.24) is 24.7 Å². The molecule has 3 atom stereocenters. The molecule has 1 fully saturated rings. The van der Waals surface area contributed by atoms with Crippen molar-refractivity contribution in [2.24, 2.45) is 0 Å². The van der Waals surface area contributed by atoms with Crippen LogP contribution in [0.4, 0.5) is 24.9 Å². The Morgan fingerprint density at radius 1 is 1.26 bits per heavy atom. The number of anilines is 2. The molecule has 0 bridgehead atoms. The van der Waals surface area contributed by atoms with E-state index in [2.05, 4.69) is 14.7 Å². The number of alkyl halides is 2. The normalized spacial score (nSPS) is 16.8. The van der Waals surface area contributed by atoms with Gasteiger partial charge in [-0.25, -0.2) is 42.0 Å². The minimum Gasteiger partial charge on any atom is -0.489 e. The average Bonchev–Trinajstić information content (AvgIpc) is 3.00. The third-order valence-electron chi connectivity index (χ3n) is 6.95. The van der Waals surface area contributed by atoms with Gasteiger partial charge in [0.15, 0.2) is 5.82 Å². The van der Waals surface area contributed by atoms with Gasteiger partial charge in [0.05, 0.1) is 24.8 Å². The molecule has 0 radical (unpaired) electrons. The van der Waals surface area contributed by atoms with Crippen molar-refractivity contribution in [1.29, 1.82) is 0 Å². The zero-order chi connectivity index (χ0) is 30.5. The first-order valence-corrected chi connectivity index (χ1v) is 14.6. The van der Waals surface area contributed by atoms with Gasteiger partial charge in [-0.15, -0.1) is 0 Å². The van der Waals surface area contributed by atoms with Crippen molar-refractivity contribution in [2.75, 3.05) is 50.2 Å². The summed E-state index contributed by atoms with van der Waals surface area (Å²) in [4.78, 5) is 19.7. The number of ether oxygens (including phenoxy) is 2. The van der Waals surface area contributed by atoms with Crippen molar-refractivity contribution in [3.8, 4) is 28.3 Å². The van der Waals surface area contributed by atoms with E-state index < -0.39 is 29.9 Å². The minimum absolute atomic E-state index is 0.0737. The predicted octanol–water partition coefficient (Wildman–Crippen LogP) is 4.18. The summed E-state index contributed by atoms with van der Waals surface area (Å²) in [7, 11) is 0. The number of halogens is 3. The minimum atomic E-state index is -2.31. The third kappa shape index (κ3) is 6.85. The van der Waals surface area contributed by atoms with E-state index in [1.165, 1.54) is 36.7 Å². The lowest BCUT2D eigenvalue weighted by Crippen LogP contribution is -2.44. The average molecular weight is 618 g/mol. The first kappa shape index (κ1) is 30.5. The summed E-state index contributed by atoms with van der Waals surface area (Å²) in [5, 5.41) is 0.511. The maximum Gasteiger partial charge on any atom is 0.231 e. The summed E-state index contributed by atoms with van der Waals surface area (Å²) in [6.07, 6.45) is 1.03. The molecule has 2 aromatic carbocycles. The lowest BCUT2D eigenvalue weighted by molar-refractivity contribution is 0.0987. The number of nitrogens with two attached hydrogens (primary N) is 1. The molecule has 3 unspecified atom stereocenters. The van der Waals surface area contributed by atoms with Gasteiger partial charge < -0.3 is 20.1 Å². The van der Waals surface area contributed by atoms with Crippen molar-refractivity contribution < 1.29 is 31.4 Å². The van der Waals surface area contributed by atoms with Crippen molar-refractivity contribution in [3.05, 3.63) is 54.1 Å². The Labute approximate surface area is 248 Å². The van der Waals surface area contributed by atoms with E-state index in [0.717, 1.165) is 0 Å². The first-order valence-electron chi connectivity index (χ1n) is 13.5. The van der Waals surface area contributed by atoms with Gasteiger partial charge >= 0.3 is 0 Å². The van der Waals surface area contributed by atoms with Crippen LogP contribution in [-0.2, 0) is 16.0 Å². The summed E-state index contributed by atoms with van der Waals surface area (Å²) in [6, 6.07) is 7.51. The van der Waals surface area contributed by atoms with Crippen molar-refractivity contribution in [3.63, 3.8) is 0 Å². The van der Waals surface area contributed by atoms with Gasteiger partial charge in [0, 0.05) is 42.0 Å². The Morgan fingerprint density at radius 2 is 2.05 bits per heavy atom. The van der Waals surface area contributed by atoms with E-state index in [-0.39, 0.29) is 54.3 Å². The fraction of sp³-hybridized carbons (Fsp3) is 0.357. The lowest BCUT2D eigenvalue weighted by Gasteiger charge is -2.35. The van der Waals surface area contributed by atoms with E-state index in [1.807, 2.05) is 11.8 Å². The monoisotopic (exact) mass is 617 g/mol. The van der Waals surface area contributed by atoms with Crippen LogP contribution < -0.4 is 20.1 Å². The molecule has 4 aromatic rings. The lowest BCUT2D eigenvalue weighted by atomic mass is 9.97. The highest BCUT2D eigenvalue weighted by Crippen LogP contribution is 2.40. The molecule has 228 valence electrons. The number of nitrogens with one attached hydrogen (secondary N) is 1. The molecule has 4 N–H and O–H groups in total. The molecule has 0 spiro atoms. The van der Waals surface area contributed by atoms with E-state index in [0.29, 0.717) is 47.6 Å². The largest absolute Gasteiger partial charge is 0.489 e. The maximum atomic E-state index is 15.9. The van der Waals surface area contributed by atoms with Gasteiger partial charge in [-0.1, -0.05) is 18.2 Å². The summed E-state index contributed by atoms with van der Waals surface area (Å²) >= 11 is -2.31. The smallest absolute Gasteiger partial charge is 0.231 e. The number of aromatic nitrogens is 4. The molecule has 0 amide bonds. The number of hydrogen-bond acceptors (Lipinski definition) is 9. The van der Waals surface area contributed by atoms with Gasteiger partial charge in [0.25, 0.3) is 0 Å². The van der Waals surface area contributed by atoms with E-state index in [1.54, 1.807) is 6.07 Å². The number of nitrogens with zero attached hydrogens (tertiary/aromatic N) is 5. The van der Waals surface area contributed by atoms with Gasteiger partial charge in [0.2, 0.25) is 17.2 Å². The SMILES string of the molecule is CC1COCCN1c1nc(-c2cnc(N)nc2)nc2c(OCCF)cc(-c3cccc(C(F)CCNS(=O)O)c3F)cc12. The van der Waals surface area contributed by atoms with Gasteiger partial charge in [-0.3, -0.25) is 4.55 Å². The number of morpholine rings is 1. The molecule has 2 aromatic heterocycles. The summed E-state index contributed by atoms with van der Waals surface area (Å²) < 4.78 is 77.6. The van der Waals surface area contributed by atoms with Crippen LogP contribution in [-0.4, -0.2) is 74.3 Å². The van der Waals surface area contributed by atoms with Crippen molar-refractivity contribution >= 4 is 33.9 Å². The molecule has 1 aliphatic heterocycles. The second-order valence-corrected chi connectivity index (χ2v) is 10.6. The van der Waals surface area contributed by atoms with Crippen LogP contribution >= 0.6 is 0 Å². The number of fused-ring (bicyclic) bond motifs is 1. The Morgan fingerprint density at radius 3 is 2.77 bits per heavy atom. The summed E-state index contributed by atoms with van der Waals surface area (Å²) in [5.41, 5.74) is 6.74. The Balaban J connectivity index is 1.68. The second-order valence-electron chi connectivity index (χ2n) is 9.83. The van der Waals surface area contributed by atoms with E-state index in [4.69, 9.17) is 29.7 Å². The number of hydrogen-bond donors (Lipinski definition) is 3. The van der Waals surface area contributed by atoms with Crippen molar-refractivity contribution in [2.45, 2.75) is 25.6 Å². The topological polar surface area (TPSA) is 149 Å². The predicted molar refractivity (Wildman–Crippen MR) is 157 cm³/mol. The molecule has 43 heavy (non-hydrogen) atoms. The van der Waals surface area contributed by atoms with Gasteiger partial charge in [-0.2, -0.15) is 0 Å². The van der Waals surface area contributed by atoms with Gasteiger partial charge in [-0.05, 0) is 31.0 Å². The van der Waals surface area contributed by atoms with E-state index >= 15 is 8.78 Å². The fourth-order valence-corrected chi connectivity index (χ4v) is 5.18. The second kappa shape index (κ2) is 13.6. The molecular weight excluding hydrogens is 587 g/mol. The van der Waals surface area contributed by atoms with Gasteiger partial charge in [0.1, 0.15) is 42.4 Å². The zero-order valence-corrected chi connectivity index (χ0v) is 24.0. The number of benzene rings is 2. The highest BCUT2D eigenvalue weighted by molar-refractivity contribution is 7.77. The van der Waals surface area contributed by atoms with Crippen LogP contribution in [0, 0.1) is 5.82 Å². The Kier molecular flexibility index (Phi) is 9.65. The fourth-order valence-electron chi connectivity index (χ4n) is 4.89. The third-order valence-corrected chi connectivity index (χ3v) is 7.40. The highest BCUT2D eigenvalue weighted by atomic mass is 32.2. The van der Waals surface area contributed by atoms with Crippen LogP contribution in [0.25, 0.3) is 33.4 Å². The van der Waals surface area contributed by atoms with Crippen LogP contribution in [0.1, 0.15) is 25.1 Å². The molecule has 0 saturated carbocycles. The molecule has 15 heteroatoms. The standard InChI is InChI=1S/C28H30F3N7O4S/c1-16-15-41-10-8-38(16)27-21-11-17(19-3-2-4-20(24(19)31)22(30)5-7-35-43(39)40)12-23(42-9-6-29)25(21)36-26(37-27)18-13-33-28(32)34-14-18/h2-4,11-14,16,22,35H,5-10,15H2,1H3,(H,39,40)(H2,32,33,34). The number of rotatable bonds is 11. The zero-order valence-electron chi connectivity index (χ0n) is 23.2. The molecule has 0 aliphatic carbocycles. The molecule has 1 saturated heterocycles. The maximum absolute atomic E-state index is 15.9. The van der Waals surface area contributed by atoms with Crippen LogP contribution in [0.5, 0.6) is 5.75 Å². The quantitative estimate of drug-likeness (QED) is 0.209. The van der Waals surface area contributed by atoms with Crippen LogP contribution in [0.15, 0.2) is 42.7 Å². The Hall–Kier alpha value is -3.92.